The Morgan fingerprint density at radius 1 is 1.00 bits per heavy atom. The fourth-order valence-corrected chi connectivity index (χ4v) is 3.92. The summed E-state index contributed by atoms with van der Waals surface area (Å²) in [6, 6.07) is 11.8. The summed E-state index contributed by atoms with van der Waals surface area (Å²) in [4.78, 5) is 2.53. The summed E-state index contributed by atoms with van der Waals surface area (Å²) >= 11 is 5.04. The highest BCUT2D eigenvalue weighted by Crippen LogP contribution is 2.28. The first-order valence-corrected chi connectivity index (χ1v) is 10.7. The van der Waals surface area contributed by atoms with E-state index in [9.17, 15) is 0 Å². The molecule has 3 rings (SSSR count). The molecule has 0 saturated carbocycles. The Morgan fingerprint density at radius 3 is 2.50 bits per heavy atom. The van der Waals surface area contributed by atoms with Crippen LogP contribution in [0.3, 0.4) is 0 Å². The molecule has 0 radical (unpaired) electrons. The minimum Gasteiger partial charge on any atom is -0.494 e. The van der Waals surface area contributed by atoms with Gasteiger partial charge < -0.3 is 4.74 Å². The minimum atomic E-state index is 0.629. The quantitative estimate of drug-likeness (QED) is 0.373. The third-order valence-corrected chi connectivity index (χ3v) is 5.66. The van der Waals surface area contributed by atoms with Gasteiger partial charge in [-0.2, -0.15) is 0 Å². The lowest BCUT2D eigenvalue weighted by Crippen LogP contribution is -2.00. The molecular formula is C19H23BrN4OS. The van der Waals surface area contributed by atoms with E-state index in [4.69, 9.17) is 4.74 Å². The summed E-state index contributed by atoms with van der Waals surface area (Å²) < 4.78 is 6.86. The van der Waals surface area contributed by atoms with Crippen LogP contribution in [-0.2, 0) is 0 Å². The van der Waals surface area contributed by atoms with E-state index in [-0.39, 0.29) is 0 Å². The molecule has 5 nitrogen and oxygen atoms in total. The van der Waals surface area contributed by atoms with E-state index in [0.29, 0.717) is 5.82 Å². The van der Waals surface area contributed by atoms with Crippen molar-refractivity contribution in [1.29, 1.82) is 0 Å². The monoisotopic (exact) mass is 434 g/mol. The van der Waals surface area contributed by atoms with Gasteiger partial charge in [-0.05, 0) is 64.0 Å². The van der Waals surface area contributed by atoms with Gasteiger partial charge in [-0.25, -0.2) is 0 Å². The highest BCUT2D eigenvalue weighted by Gasteiger charge is 2.09. The largest absolute Gasteiger partial charge is 0.494 e. The minimum absolute atomic E-state index is 0.629. The van der Waals surface area contributed by atoms with Gasteiger partial charge in [-0.15, -0.1) is 26.3 Å². The molecule has 2 heterocycles. The van der Waals surface area contributed by atoms with Crippen LogP contribution in [0.15, 0.2) is 40.2 Å². The Balaban J connectivity index is 1.49. The molecule has 1 aromatic carbocycles. The smallest absolute Gasteiger partial charge is 0.215 e. The van der Waals surface area contributed by atoms with Crippen molar-refractivity contribution in [3.05, 3.63) is 40.2 Å². The molecule has 0 unspecified atom stereocenters. The molecule has 26 heavy (non-hydrogen) atoms. The van der Waals surface area contributed by atoms with Gasteiger partial charge in [0.1, 0.15) is 5.75 Å². The third kappa shape index (κ3) is 5.38. The average Bonchev–Trinajstić information content (AvgIpc) is 3.30. The second kappa shape index (κ2) is 9.83. The Bertz CT molecular complexity index is 800. The SMILES string of the molecule is CCCCCCCCOc1ccc(-n2nnc(-c3ccc(Br)s3)n2)cc1. The van der Waals surface area contributed by atoms with Crippen LogP contribution < -0.4 is 4.74 Å². The van der Waals surface area contributed by atoms with Crippen molar-refractivity contribution in [2.24, 2.45) is 0 Å². The Labute approximate surface area is 166 Å². The molecule has 138 valence electrons. The third-order valence-electron chi connectivity index (χ3n) is 4.04. The number of hydrogen-bond donors (Lipinski definition) is 0. The zero-order chi connectivity index (χ0) is 18.2. The second-order valence-corrected chi connectivity index (χ2v) is 8.58. The number of tetrazole rings is 1. The molecule has 3 aromatic rings. The van der Waals surface area contributed by atoms with Crippen LogP contribution in [0.5, 0.6) is 5.75 Å². The maximum absolute atomic E-state index is 5.81. The van der Waals surface area contributed by atoms with Gasteiger partial charge in [0.05, 0.1) is 21.0 Å². The second-order valence-electron chi connectivity index (χ2n) is 6.12. The normalized spacial score (nSPS) is 11.0. The van der Waals surface area contributed by atoms with E-state index in [1.54, 1.807) is 16.1 Å². The van der Waals surface area contributed by atoms with E-state index in [2.05, 4.69) is 38.3 Å². The number of unbranched alkanes of at least 4 members (excludes halogenated alkanes) is 5. The van der Waals surface area contributed by atoms with E-state index in [1.807, 2.05) is 36.4 Å². The van der Waals surface area contributed by atoms with Crippen molar-refractivity contribution in [3.8, 4) is 22.1 Å². The number of ether oxygens (including phenoxy) is 1. The van der Waals surface area contributed by atoms with E-state index >= 15 is 0 Å². The van der Waals surface area contributed by atoms with Crippen molar-refractivity contribution in [3.63, 3.8) is 0 Å². The first-order valence-electron chi connectivity index (χ1n) is 9.05. The highest BCUT2D eigenvalue weighted by atomic mass is 79.9. The molecular weight excluding hydrogens is 412 g/mol. The van der Waals surface area contributed by atoms with Crippen LogP contribution >= 0.6 is 27.3 Å². The number of nitrogens with zero attached hydrogens (tertiary/aromatic N) is 4. The van der Waals surface area contributed by atoms with Crippen LogP contribution in [0.2, 0.25) is 0 Å². The van der Waals surface area contributed by atoms with E-state index in [1.165, 1.54) is 32.1 Å². The Hall–Kier alpha value is -1.73. The van der Waals surface area contributed by atoms with Gasteiger partial charge in [-0.1, -0.05) is 39.0 Å². The standard InChI is InChI=1S/C19H23BrN4OS/c1-2-3-4-5-6-7-14-25-16-10-8-15(9-11-16)24-22-19(21-23-24)17-12-13-18(20)26-17/h8-13H,2-7,14H2,1H3. The zero-order valence-corrected chi connectivity index (χ0v) is 17.3. The lowest BCUT2D eigenvalue weighted by atomic mass is 10.1. The fraction of sp³-hybridized carbons (Fsp3) is 0.421. The molecule has 0 aliphatic heterocycles. The lowest BCUT2D eigenvalue weighted by Gasteiger charge is -2.06. The summed E-state index contributed by atoms with van der Waals surface area (Å²) in [7, 11) is 0. The van der Waals surface area contributed by atoms with Crippen molar-refractivity contribution < 1.29 is 4.74 Å². The number of aromatic nitrogens is 4. The maximum Gasteiger partial charge on any atom is 0.215 e. The van der Waals surface area contributed by atoms with Gasteiger partial charge in [0.25, 0.3) is 0 Å². The van der Waals surface area contributed by atoms with Gasteiger partial charge >= 0.3 is 0 Å². The van der Waals surface area contributed by atoms with Crippen LogP contribution in [0, 0.1) is 0 Å². The summed E-state index contributed by atoms with van der Waals surface area (Å²) in [6.07, 6.45) is 7.61. The topological polar surface area (TPSA) is 52.8 Å². The summed E-state index contributed by atoms with van der Waals surface area (Å²) in [5.74, 6) is 1.51. The molecule has 0 N–H and O–H groups in total. The molecule has 0 saturated heterocycles. The van der Waals surface area contributed by atoms with Crippen molar-refractivity contribution >= 4 is 27.3 Å². The van der Waals surface area contributed by atoms with Gasteiger partial charge in [0.2, 0.25) is 5.82 Å². The fourth-order valence-electron chi connectivity index (χ4n) is 2.60. The number of benzene rings is 1. The van der Waals surface area contributed by atoms with E-state index in [0.717, 1.165) is 33.1 Å². The average molecular weight is 435 g/mol. The Morgan fingerprint density at radius 2 is 1.77 bits per heavy atom. The number of thiophene rings is 1. The summed E-state index contributed by atoms with van der Waals surface area (Å²) in [5, 5.41) is 12.7. The van der Waals surface area contributed by atoms with Gasteiger partial charge in [-0.3, -0.25) is 0 Å². The van der Waals surface area contributed by atoms with Crippen molar-refractivity contribution in [2.75, 3.05) is 6.61 Å². The van der Waals surface area contributed by atoms with Crippen LogP contribution in [0.25, 0.3) is 16.4 Å². The molecule has 0 atom stereocenters. The number of rotatable bonds is 10. The predicted molar refractivity (Wildman–Crippen MR) is 109 cm³/mol. The molecule has 0 aliphatic carbocycles. The first-order chi connectivity index (χ1) is 12.8. The van der Waals surface area contributed by atoms with Gasteiger partial charge in [0.15, 0.2) is 0 Å². The molecule has 0 spiro atoms. The number of hydrogen-bond acceptors (Lipinski definition) is 5. The Kier molecular flexibility index (Phi) is 7.20. The first kappa shape index (κ1) is 19.0. The van der Waals surface area contributed by atoms with Crippen molar-refractivity contribution in [2.45, 2.75) is 45.4 Å². The molecule has 0 aliphatic rings. The summed E-state index contributed by atoms with van der Waals surface area (Å²) in [5.41, 5.74) is 0.867. The maximum atomic E-state index is 5.81. The van der Waals surface area contributed by atoms with Crippen LogP contribution in [-0.4, -0.2) is 26.8 Å². The molecule has 0 amide bonds. The van der Waals surface area contributed by atoms with Crippen molar-refractivity contribution in [1.82, 2.24) is 20.2 Å². The molecule has 7 heteroatoms. The molecule has 0 bridgehead atoms. The lowest BCUT2D eigenvalue weighted by molar-refractivity contribution is 0.304. The van der Waals surface area contributed by atoms with Crippen LogP contribution in [0.4, 0.5) is 0 Å². The predicted octanol–water partition coefficient (Wildman–Crippen LogP) is 5.89. The van der Waals surface area contributed by atoms with Crippen LogP contribution in [0.1, 0.15) is 45.4 Å². The number of halogens is 1. The summed E-state index contributed by atoms with van der Waals surface area (Å²) in [6.45, 7) is 3.01. The molecule has 0 fully saturated rings. The highest BCUT2D eigenvalue weighted by molar-refractivity contribution is 9.11. The molecule has 2 aromatic heterocycles. The van der Waals surface area contributed by atoms with Gasteiger partial charge in [0, 0.05) is 0 Å². The zero-order valence-electron chi connectivity index (χ0n) is 14.9. The van der Waals surface area contributed by atoms with E-state index < -0.39 is 0 Å².